The Bertz CT molecular complexity index is 3430. The number of hydrogen-bond acceptors (Lipinski definition) is 3. The number of thiophene rings is 1. The minimum Gasteiger partial charge on any atom is -0.360 e. The fourth-order valence-electron chi connectivity index (χ4n) is 9.11. The highest BCUT2D eigenvalue weighted by Crippen LogP contribution is 2.44. The quantitative estimate of drug-likeness (QED) is 0.113. The van der Waals surface area contributed by atoms with E-state index in [9.17, 15) is 0 Å². The van der Waals surface area contributed by atoms with Crippen molar-refractivity contribution < 1.29 is 0 Å². The second kappa shape index (κ2) is 29.0. The highest BCUT2D eigenvalue weighted by atomic mass is 32.1. The molecule has 2 aliphatic rings. The Kier molecular flexibility index (Phi) is 21.7. The van der Waals surface area contributed by atoms with E-state index in [1.807, 2.05) is 83.3 Å². The van der Waals surface area contributed by atoms with E-state index in [0.717, 1.165) is 34.5 Å². The number of fused-ring (bicyclic) bond motifs is 7. The maximum Gasteiger partial charge on any atom is 0.145 e. The van der Waals surface area contributed by atoms with Crippen LogP contribution in [0.1, 0.15) is 101 Å². The van der Waals surface area contributed by atoms with Crippen LogP contribution in [0.5, 0.6) is 0 Å². The van der Waals surface area contributed by atoms with Crippen molar-refractivity contribution in [2.24, 2.45) is 10.9 Å². The average molecular weight is 1000 g/mol. The summed E-state index contributed by atoms with van der Waals surface area (Å²) in [5.41, 5.74) is 14.4. The van der Waals surface area contributed by atoms with E-state index < -0.39 is 0 Å². The van der Waals surface area contributed by atoms with Crippen LogP contribution in [0, 0.1) is 5.92 Å². The number of hydrogen-bond donors (Lipinski definition) is 1. The van der Waals surface area contributed by atoms with E-state index >= 15 is 0 Å². The molecule has 11 rings (SSSR count). The van der Waals surface area contributed by atoms with Gasteiger partial charge in [-0.25, -0.2) is 0 Å². The van der Waals surface area contributed by atoms with Gasteiger partial charge in [0.05, 0.1) is 11.2 Å². The number of aliphatic imine (C=N–C) groups is 1. The molecule has 4 heteroatoms. The smallest absolute Gasteiger partial charge is 0.145 e. The van der Waals surface area contributed by atoms with Gasteiger partial charge in [-0.1, -0.05) is 255 Å². The maximum atomic E-state index is 5.29. The van der Waals surface area contributed by atoms with Crippen LogP contribution in [0.15, 0.2) is 255 Å². The molecule has 2 atom stereocenters. The monoisotopic (exact) mass is 1000 g/mol. The van der Waals surface area contributed by atoms with Crippen molar-refractivity contribution in [1.29, 1.82) is 0 Å². The van der Waals surface area contributed by atoms with Crippen molar-refractivity contribution in [3.05, 3.63) is 284 Å². The largest absolute Gasteiger partial charge is 0.360 e. The van der Waals surface area contributed by atoms with E-state index in [1.54, 1.807) is 18.2 Å². The molecule has 0 radical (unpaired) electrons. The van der Waals surface area contributed by atoms with Crippen LogP contribution in [0.4, 0.5) is 5.69 Å². The van der Waals surface area contributed by atoms with E-state index in [-0.39, 0.29) is 6.17 Å². The maximum absolute atomic E-state index is 5.29. The molecule has 3 nitrogen and oxygen atoms in total. The number of anilines is 1. The topological polar surface area (TPSA) is 29.3 Å². The van der Waals surface area contributed by atoms with Gasteiger partial charge < -0.3 is 9.88 Å². The zero-order valence-corrected chi connectivity index (χ0v) is 46.2. The Hall–Kier alpha value is -8.05. The number of aromatic nitrogens is 1. The number of nitrogens with zero attached hydrogens (tertiary/aromatic N) is 2. The first kappa shape index (κ1) is 56.2. The SMILES string of the molecule is C/C=C\C.C1=CC(c2cccc3c2sc2ccccc23)Cc2c1n(-c1cccc(-c3cccc(C4N=C(c5ccccc5)c5ccccc5N4)c3)c1)c1ccccc21.C=C/C=C\C(C)C.C=C/C=C\C=C.CC.CC. The minimum absolute atomic E-state index is 0.199. The standard InChI is InChI=1S/C50H35N3S.C7H12.C6H8.C4H8.2C2H6/c1-2-13-32(14-3-1)48-42-21-4-7-24-44(42)51-50(52-48)36-17-10-15-33(29-36)34-16-11-18-37(30-34)53-45-25-8-5-19-39(45)43-31-35(27-28-46(43)53)38-22-12-23-41-40-20-6-9-26-47(40)54-49(38)41;1-4-5-6-7(2)3;1-3-5-6-4-2;1-3-4-2;2*1-2/h1-30,35,50-51H,31H2;4-7H,1H2,2-3H3;3-6H,1-2H2;3-4H,1-2H3;2*1-2H3/b;2*6-5-;4-3-;;. The van der Waals surface area contributed by atoms with Gasteiger partial charge in [0.15, 0.2) is 0 Å². The summed E-state index contributed by atoms with van der Waals surface area (Å²) in [6.07, 6.45) is 22.5. The van der Waals surface area contributed by atoms with E-state index in [4.69, 9.17) is 4.99 Å². The van der Waals surface area contributed by atoms with Gasteiger partial charge in [-0.05, 0) is 96.5 Å². The number of rotatable bonds is 9. The van der Waals surface area contributed by atoms with Crippen LogP contribution in [-0.2, 0) is 6.42 Å². The highest BCUT2D eigenvalue weighted by molar-refractivity contribution is 7.26. The summed E-state index contributed by atoms with van der Waals surface area (Å²) in [5, 5.41) is 7.76. The van der Waals surface area contributed by atoms with Crippen molar-refractivity contribution >= 4 is 59.9 Å². The van der Waals surface area contributed by atoms with Crippen LogP contribution in [0.2, 0.25) is 0 Å². The number of benzene rings is 7. The lowest BCUT2D eigenvalue weighted by Gasteiger charge is -2.26. The molecule has 2 unspecified atom stereocenters. The third kappa shape index (κ3) is 13.8. The van der Waals surface area contributed by atoms with Crippen molar-refractivity contribution in [1.82, 2.24) is 4.57 Å². The fourth-order valence-corrected chi connectivity index (χ4v) is 10.4. The Morgan fingerprint density at radius 3 is 1.91 bits per heavy atom. The predicted molar refractivity (Wildman–Crippen MR) is 335 cm³/mol. The molecule has 0 bridgehead atoms. The molecule has 1 aliphatic carbocycles. The van der Waals surface area contributed by atoms with Crippen LogP contribution < -0.4 is 5.32 Å². The van der Waals surface area contributed by atoms with Gasteiger partial charge in [-0.15, -0.1) is 11.3 Å². The van der Waals surface area contributed by atoms with Gasteiger partial charge in [-0.3, -0.25) is 4.99 Å². The third-order valence-electron chi connectivity index (χ3n) is 12.5. The summed E-state index contributed by atoms with van der Waals surface area (Å²) in [7, 11) is 0. The molecule has 0 spiro atoms. The third-order valence-corrected chi connectivity index (χ3v) is 13.8. The highest BCUT2D eigenvalue weighted by Gasteiger charge is 2.26. The second-order valence-electron chi connectivity index (χ2n) is 17.7. The molecule has 2 aromatic heterocycles. The summed E-state index contributed by atoms with van der Waals surface area (Å²) >= 11 is 1.92. The van der Waals surface area contributed by atoms with Crippen molar-refractivity contribution in [2.45, 2.75) is 73.9 Å². The second-order valence-corrected chi connectivity index (χ2v) is 18.8. The van der Waals surface area contributed by atoms with Gasteiger partial charge in [-0.2, -0.15) is 0 Å². The zero-order valence-electron chi connectivity index (χ0n) is 45.4. The molecular formula is C71H75N3S. The van der Waals surface area contributed by atoms with Gasteiger partial charge in [0.1, 0.15) is 6.17 Å². The van der Waals surface area contributed by atoms with Gasteiger partial charge >= 0.3 is 0 Å². The van der Waals surface area contributed by atoms with Crippen molar-refractivity contribution in [3.8, 4) is 16.8 Å². The minimum atomic E-state index is -0.199. The number of allylic oxidation sites excluding steroid dienone is 10. The molecule has 380 valence electrons. The lowest BCUT2D eigenvalue weighted by Crippen LogP contribution is -2.20. The summed E-state index contributed by atoms with van der Waals surface area (Å²) < 4.78 is 5.22. The number of nitrogens with one attached hydrogen (secondary N) is 1. The molecule has 0 saturated heterocycles. The van der Waals surface area contributed by atoms with Crippen molar-refractivity contribution in [2.75, 3.05) is 5.32 Å². The molecule has 3 heterocycles. The van der Waals surface area contributed by atoms with Crippen LogP contribution >= 0.6 is 11.3 Å². The van der Waals surface area contributed by atoms with Crippen LogP contribution in [0.25, 0.3) is 54.0 Å². The van der Waals surface area contributed by atoms with Gasteiger partial charge in [0, 0.05) is 59.7 Å². The van der Waals surface area contributed by atoms with E-state index in [2.05, 4.69) is 232 Å². The van der Waals surface area contributed by atoms with Gasteiger partial charge in [0.25, 0.3) is 0 Å². The predicted octanol–water partition coefficient (Wildman–Crippen LogP) is 20.9. The summed E-state index contributed by atoms with van der Waals surface area (Å²) in [6.45, 7) is 26.8. The molecule has 75 heavy (non-hydrogen) atoms. The molecule has 0 saturated carbocycles. The summed E-state index contributed by atoms with van der Waals surface area (Å²) in [5.74, 6) is 0.964. The van der Waals surface area contributed by atoms with Crippen LogP contribution in [-0.4, -0.2) is 10.3 Å². The molecular weight excluding hydrogens is 927 g/mol. The Balaban J connectivity index is 0.000000375. The van der Waals surface area contributed by atoms with Gasteiger partial charge in [0.2, 0.25) is 0 Å². The van der Waals surface area contributed by atoms with E-state index in [0.29, 0.717) is 11.8 Å². The molecule has 9 aromatic rings. The summed E-state index contributed by atoms with van der Waals surface area (Å²) in [6, 6.07) is 61.4. The molecule has 0 amide bonds. The normalized spacial score (nSPS) is 14.1. The first-order valence-corrected chi connectivity index (χ1v) is 27.4. The zero-order chi connectivity index (χ0) is 53.5. The first-order valence-electron chi connectivity index (χ1n) is 26.5. The lowest BCUT2D eigenvalue weighted by atomic mass is 9.86. The number of para-hydroxylation sites is 2. The molecule has 1 N–H and O–H groups in total. The van der Waals surface area contributed by atoms with E-state index in [1.165, 1.54) is 64.7 Å². The van der Waals surface area contributed by atoms with Crippen molar-refractivity contribution in [3.63, 3.8) is 0 Å². The molecule has 1 aliphatic heterocycles. The Morgan fingerprint density at radius 1 is 0.613 bits per heavy atom. The van der Waals surface area contributed by atoms with Crippen LogP contribution in [0.3, 0.4) is 0 Å². The molecule has 0 fully saturated rings. The summed E-state index contributed by atoms with van der Waals surface area (Å²) in [4.78, 5) is 5.29. The molecule has 7 aromatic carbocycles. The lowest BCUT2D eigenvalue weighted by molar-refractivity contribution is 0.828. The fraction of sp³-hybridized carbons (Fsp3) is 0.169. The Morgan fingerprint density at radius 2 is 1.21 bits per heavy atom. The first-order chi connectivity index (χ1) is 36.9. The Labute approximate surface area is 452 Å². The average Bonchev–Trinajstić information content (AvgIpc) is 4.04.